The molecule has 0 aromatic rings. The maximum Gasteiger partial charge on any atom is -0.0130 e. The van der Waals surface area contributed by atoms with Gasteiger partial charge in [0.25, 0.3) is 0 Å². The predicted molar refractivity (Wildman–Crippen MR) is 191 cm³/mol. The molecule has 228 valence electrons. The summed E-state index contributed by atoms with van der Waals surface area (Å²) in [6.07, 6.45) is 8.76. The zero-order valence-electron chi connectivity index (χ0n) is 27.8. The van der Waals surface area contributed by atoms with Crippen LogP contribution in [0.15, 0.2) is 0 Å². The number of nitrogens with two attached hydrogens (primary N) is 1. The first-order chi connectivity index (χ1) is 16.2. The molecule has 0 bridgehead atoms. The van der Waals surface area contributed by atoms with E-state index in [-0.39, 0.29) is 9.90 Å². The van der Waals surface area contributed by atoms with Gasteiger partial charge in [-0.05, 0) is 28.0 Å². The fraction of sp³-hybridized carbons (Fsp3) is 1.00. The number of unbranched alkanes of at least 4 members (excludes halogenated alkanes) is 3. The third kappa shape index (κ3) is 144. The molecule has 0 rings (SSSR count). The van der Waals surface area contributed by atoms with Crippen molar-refractivity contribution in [3.8, 4) is 0 Å². The third-order valence-electron chi connectivity index (χ3n) is 3.40. The van der Waals surface area contributed by atoms with Crippen LogP contribution < -0.4 is 15.9 Å². The Morgan fingerprint density at radius 1 is 0.657 bits per heavy atom. The van der Waals surface area contributed by atoms with Gasteiger partial charge in [0.1, 0.15) is 0 Å². The summed E-state index contributed by atoms with van der Waals surface area (Å²) >= 11 is -1.56. The van der Waals surface area contributed by atoms with E-state index in [2.05, 4.69) is 60.4 Å². The minimum absolute atomic E-state index is 0. The van der Waals surface area contributed by atoms with Gasteiger partial charge in [-0.3, -0.25) is 0 Å². The third-order valence-corrected chi connectivity index (χ3v) is 16.8. The van der Waals surface area contributed by atoms with Crippen LogP contribution in [0.5, 0.6) is 0 Å². The van der Waals surface area contributed by atoms with Gasteiger partial charge in [0.05, 0.1) is 0 Å². The van der Waals surface area contributed by atoms with Crippen LogP contribution in [0.4, 0.5) is 0 Å². The Kier molecular flexibility index (Phi) is 171. The second-order valence-corrected chi connectivity index (χ2v) is 22.1. The monoisotopic (exact) mass is 677 g/mol. The fourth-order valence-corrected chi connectivity index (χ4v) is 14.7. The smallest absolute Gasteiger partial charge is 0.0130 e. The van der Waals surface area contributed by atoms with Gasteiger partial charge in [0.15, 0.2) is 0 Å². The van der Waals surface area contributed by atoms with Crippen molar-refractivity contribution < 1.29 is 10.0 Å². The molecule has 3 unspecified atom stereocenters. The number of hydrogen-bond acceptors (Lipinski definition) is 5. The summed E-state index contributed by atoms with van der Waals surface area (Å²) in [6, 6.07) is 0. The molecule has 35 heavy (non-hydrogen) atoms. The molecule has 0 spiro atoms. The maximum absolute atomic E-state index is 7.61. The van der Waals surface area contributed by atoms with Crippen LogP contribution in [-0.2, 0) is 0 Å². The van der Waals surface area contributed by atoms with Gasteiger partial charge in [-0.15, -0.1) is 0 Å². The molecule has 0 heterocycles. The number of hydrogen-bond donors (Lipinski definition) is 5. The van der Waals surface area contributed by atoms with E-state index in [1.165, 1.54) is 52.4 Å². The van der Waals surface area contributed by atoms with E-state index in [0.29, 0.717) is 0 Å². The van der Waals surface area contributed by atoms with Gasteiger partial charge in [-0.25, -0.2) is 0 Å². The van der Waals surface area contributed by atoms with E-state index in [0.717, 1.165) is 0 Å². The summed E-state index contributed by atoms with van der Waals surface area (Å²) in [5.41, 5.74) is 4.50. The largest absolute Gasteiger partial charge is 0.333 e. The van der Waals surface area contributed by atoms with Crippen molar-refractivity contribution in [2.75, 3.05) is 21.1 Å². The Bertz CT molecular complexity index is 194. The topological polar surface area (TPSA) is 90.5 Å². The fourth-order valence-electron chi connectivity index (χ4n) is 2.19. The van der Waals surface area contributed by atoms with Crippen LogP contribution in [-0.4, -0.2) is 56.7 Å². The second-order valence-electron chi connectivity index (χ2n) is 6.33. The molecule has 0 amide bonds. The van der Waals surface area contributed by atoms with Gasteiger partial charge in [-0.2, -0.15) is 9.90 Å². The first-order valence-corrected chi connectivity index (χ1v) is 24.0. The minimum Gasteiger partial charge on any atom is -0.333 e. The van der Waals surface area contributed by atoms with Crippen LogP contribution in [0.3, 0.4) is 0 Å². The van der Waals surface area contributed by atoms with Crippen molar-refractivity contribution in [1.82, 2.24) is 10.2 Å². The van der Waals surface area contributed by atoms with Crippen LogP contribution in [0, 0.1) is 0 Å². The van der Waals surface area contributed by atoms with Crippen LogP contribution >= 0.6 is 28.7 Å². The molecule has 0 fully saturated rings. The van der Waals surface area contributed by atoms with Crippen molar-refractivity contribution in [2.24, 2.45) is 5.73 Å². The van der Waals surface area contributed by atoms with E-state index >= 15 is 0 Å². The van der Waals surface area contributed by atoms with Gasteiger partial charge in [0, 0.05) is 0 Å². The summed E-state index contributed by atoms with van der Waals surface area (Å²) in [7, 11) is 8.67. The van der Waals surface area contributed by atoms with Crippen molar-refractivity contribution in [3.05, 3.63) is 0 Å². The average molecular weight is 676 g/mol. The van der Waals surface area contributed by atoms with Gasteiger partial charge >= 0.3 is 103 Å². The predicted octanol–water partition coefficient (Wildman–Crippen LogP) is 8.28. The Hall–Kier alpha value is 1.95. The van der Waals surface area contributed by atoms with E-state index in [4.69, 9.17) is 10.0 Å². The molecule has 0 radical (unpaired) electrons. The first kappa shape index (κ1) is 65.8. The zero-order chi connectivity index (χ0) is 29.9. The molecule has 6 N–H and O–H groups in total. The Morgan fingerprint density at radius 2 is 0.771 bits per heavy atom. The quantitative estimate of drug-likeness (QED) is 0.125. The molecular formula is C25H79BN3O2P3Sn. The first-order valence-electron chi connectivity index (χ1n) is 13.9. The molecule has 0 saturated heterocycles. The SMILES string of the molecule is CB(O)O.CC.CC.CC.CC.CCC[CH2][Sn]([CH3])([CH2]CCC)[CH2]CCC.CN.CNP.CNP.P. The average Bonchev–Trinajstić information content (AvgIpc) is 2.87. The molecule has 0 aliphatic rings. The summed E-state index contributed by atoms with van der Waals surface area (Å²) in [5, 5.41) is 20.6. The number of rotatable bonds is 9. The summed E-state index contributed by atoms with van der Waals surface area (Å²) in [5.74, 6) is 0. The van der Waals surface area contributed by atoms with E-state index in [1.54, 1.807) is 13.3 Å². The van der Waals surface area contributed by atoms with E-state index < -0.39 is 25.5 Å². The molecule has 0 aliphatic carbocycles. The number of nitrogens with one attached hydrogen (secondary N) is 2. The van der Waals surface area contributed by atoms with Crippen LogP contribution in [0.2, 0.25) is 25.1 Å². The molecule has 0 aromatic carbocycles. The summed E-state index contributed by atoms with van der Waals surface area (Å²) < 4.78 is 4.97. The molecule has 10 heteroatoms. The van der Waals surface area contributed by atoms with E-state index in [1.807, 2.05) is 69.5 Å². The molecule has 0 aliphatic heterocycles. The van der Waals surface area contributed by atoms with Gasteiger partial charge in [0.2, 0.25) is 0 Å². The zero-order valence-corrected chi connectivity index (χ0v) is 34.4. The molecule has 3 atom stereocenters. The standard InChI is InChI=1S/3C4H9.4C2H6.CH5BO2.2CH6NP.CH5N.CH3.H3P.Sn/c3*1-3-4-2;4*1-2;1-2(3)4;2*1-2-3;1-2;;;/h3*1,3-4H2,2H3;4*1-2H3;3-4H,1H3;2*2H,3H2,1H3;2H2,1H3;2*1H3;. The van der Waals surface area contributed by atoms with E-state index in [9.17, 15) is 0 Å². The molecule has 0 saturated carbocycles. The van der Waals surface area contributed by atoms with Crippen LogP contribution in [0.1, 0.15) is 115 Å². The Labute approximate surface area is 240 Å². The van der Waals surface area contributed by atoms with Crippen molar-refractivity contribution >= 4 is 54.2 Å². The molecular weight excluding hydrogens is 597 g/mol. The Morgan fingerprint density at radius 3 is 0.857 bits per heavy atom. The van der Waals surface area contributed by atoms with Crippen molar-refractivity contribution in [1.29, 1.82) is 0 Å². The summed E-state index contributed by atoms with van der Waals surface area (Å²) in [4.78, 5) is 2.72. The van der Waals surface area contributed by atoms with Crippen LogP contribution in [0.25, 0.3) is 0 Å². The van der Waals surface area contributed by atoms with Gasteiger partial charge in [-0.1, -0.05) is 74.2 Å². The maximum atomic E-state index is 7.61. The molecule has 0 aromatic heterocycles. The second kappa shape index (κ2) is 91.1. The Balaban J connectivity index is -0.0000000310. The molecule has 5 nitrogen and oxygen atoms in total. The van der Waals surface area contributed by atoms with Crippen molar-refractivity contribution in [3.63, 3.8) is 0 Å². The normalized spacial score (nSPS) is 7.46. The summed E-state index contributed by atoms with van der Waals surface area (Å²) in [6.45, 7) is 24.3. The van der Waals surface area contributed by atoms with Crippen molar-refractivity contribution in [2.45, 2.75) is 140 Å². The minimum atomic E-state index is -1.56. The van der Waals surface area contributed by atoms with Gasteiger partial charge < -0.3 is 26.0 Å².